The lowest BCUT2D eigenvalue weighted by atomic mass is 9.82. The summed E-state index contributed by atoms with van der Waals surface area (Å²) >= 11 is 0. The summed E-state index contributed by atoms with van der Waals surface area (Å²) in [4.78, 5) is 9.57. The largest absolute Gasteiger partial charge is 0.374 e. The zero-order valence-corrected chi connectivity index (χ0v) is 15.4. The third-order valence-corrected chi connectivity index (χ3v) is 6.91. The van der Waals surface area contributed by atoms with Crippen LogP contribution in [-0.2, 0) is 4.74 Å². The molecule has 4 fully saturated rings. The normalized spacial score (nSPS) is 36.6. The Kier molecular flexibility index (Phi) is 5.00. The lowest BCUT2D eigenvalue weighted by Crippen LogP contribution is -2.45. The summed E-state index contributed by atoms with van der Waals surface area (Å²) in [6, 6.07) is 0.793. The Labute approximate surface area is 146 Å². The molecule has 4 unspecified atom stereocenters. The minimum atomic E-state index is 0.528. The third-order valence-electron chi connectivity index (χ3n) is 6.91. The monoisotopic (exact) mass is 334 g/mol. The molecule has 0 aromatic carbocycles. The fourth-order valence-electron chi connectivity index (χ4n) is 5.51. The van der Waals surface area contributed by atoms with Gasteiger partial charge in [-0.25, -0.2) is 0 Å². The molecule has 4 aliphatic rings. The van der Waals surface area contributed by atoms with Crippen molar-refractivity contribution >= 4 is 5.96 Å². The first-order chi connectivity index (χ1) is 11.8. The van der Waals surface area contributed by atoms with Gasteiger partial charge in [0.15, 0.2) is 5.96 Å². The molecule has 0 aromatic heterocycles. The van der Waals surface area contributed by atoms with Gasteiger partial charge in [0.1, 0.15) is 0 Å². The van der Waals surface area contributed by atoms with E-state index in [4.69, 9.17) is 4.74 Å². The van der Waals surface area contributed by atoms with Crippen LogP contribution in [0.3, 0.4) is 0 Å². The van der Waals surface area contributed by atoms with Gasteiger partial charge in [0, 0.05) is 51.1 Å². The highest BCUT2D eigenvalue weighted by molar-refractivity contribution is 5.80. The lowest BCUT2D eigenvalue weighted by Gasteiger charge is -2.31. The second-order valence-corrected chi connectivity index (χ2v) is 8.27. The molecule has 2 bridgehead atoms. The number of aliphatic imine (C=N–C) groups is 1. The molecule has 0 radical (unpaired) electrons. The molecule has 0 spiro atoms. The summed E-state index contributed by atoms with van der Waals surface area (Å²) in [5, 5.41) is 3.61. The fraction of sp³-hybridized carbons (Fsp3) is 0.947. The minimum Gasteiger partial charge on any atom is -0.374 e. The van der Waals surface area contributed by atoms with Gasteiger partial charge in [-0.2, -0.15) is 0 Å². The molecule has 3 saturated heterocycles. The van der Waals surface area contributed by atoms with Gasteiger partial charge in [-0.15, -0.1) is 0 Å². The zero-order valence-electron chi connectivity index (χ0n) is 15.4. The van der Waals surface area contributed by atoms with E-state index in [1.165, 1.54) is 44.9 Å². The van der Waals surface area contributed by atoms with Crippen molar-refractivity contribution in [3.8, 4) is 0 Å². The first-order valence-electron chi connectivity index (χ1n) is 10.1. The van der Waals surface area contributed by atoms with E-state index in [1.54, 1.807) is 0 Å². The molecule has 5 nitrogen and oxygen atoms in total. The molecule has 0 aromatic rings. The van der Waals surface area contributed by atoms with Crippen LogP contribution >= 0.6 is 0 Å². The van der Waals surface area contributed by atoms with Gasteiger partial charge in [-0.05, 0) is 32.7 Å². The van der Waals surface area contributed by atoms with Crippen molar-refractivity contribution in [1.82, 2.24) is 15.1 Å². The van der Waals surface area contributed by atoms with Crippen molar-refractivity contribution in [3.05, 3.63) is 0 Å². The molecule has 3 heterocycles. The van der Waals surface area contributed by atoms with E-state index >= 15 is 0 Å². The maximum Gasteiger partial charge on any atom is 0.193 e. The SMILES string of the molecule is CN=C(NCCN(C)C1CCCCC1)N1CC2C3CCC(O3)C2C1. The number of likely N-dealkylation sites (N-methyl/N-ethyl adjacent to an activating group) is 1. The second kappa shape index (κ2) is 7.20. The van der Waals surface area contributed by atoms with Gasteiger partial charge in [0.05, 0.1) is 12.2 Å². The van der Waals surface area contributed by atoms with Crippen molar-refractivity contribution in [1.29, 1.82) is 0 Å². The molecule has 136 valence electrons. The Morgan fingerprint density at radius 3 is 2.38 bits per heavy atom. The van der Waals surface area contributed by atoms with E-state index in [1.807, 2.05) is 7.05 Å². The van der Waals surface area contributed by atoms with Gasteiger partial charge in [-0.3, -0.25) is 4.99 Å². The lowest BCUT2D eigenvalue weighted by molar-refractivity contribution is 0.0767. The summed E-state index contributed by atoms with van der Waals surface area (Å²) in [6.45, 7) is 4.36. The van der Waals surface area contributed by atoms with E-state index in [0.717, 1.165) is 50.0 Å². The number of hydrogen-bond acceptors (Lipinski definition) is 3. The summed E-state index contributed by atoms with van der Waals surface area (Å²) in [5.74, 6) is 2.58. The third kappa shape index (κ3) is 3.17. The van der Waals surface area contributed by atoms with Crippen LogP contribution in [0, 0.1) is 11.8 Å². The standard InChI is InChI=1S/C19H34N4O/c1-20-19(21-10-11-22(2)14-6-4-3-5-7-14)23-12-15-16(13-23)18-9-8-17(15)24-18/h14-18H,3-13H2,1-2H3,(H,20,21). The molecule has 4 rings (SSSR count). The topological polar surface area (TPSA) is 40.1 Å². The molecular formula is C19H34N4O. The van der Waals surface area contributed by atoms with Gasteiger partial charge in [0.25, 0.3) is 0 Å². The molecule has 1 N–H and O–H groups in total. The van der Waals surface area contributed by atoms with E-state index in [9.17, 15) is 0 Å². The maximum atomic E-state index is 6.09. The average Bonchev–Trinajstić information content (AvgIpc) is 3.32. The van der Waals surface area contributed by atoms with E-state index in [0.29, 0.717) is 12.2 Å². The molecular weight excluding hydrogens is 300 g/mol. The van der Waals surface area contributed by atoms with Crippen LogP contribution in [-0.4, -0.2) is 74.3 Å². The van der Waals surface area contributed by atoms with Crippen LogP contribution in [0.4, 0.5) is 0 Å². The van der Waals surface area contributed by atoms with Gasteiger partial charge >= 0.3 is 0 Å². The number of likely N-dealkylation sites (tertiary alicyclic amines) is 1. The molecule has 1 saturated carbocycles. The Hall–Kier alpha value is -0.810. The van der Waals surface area contributed by atoms with E-state index < -0.39 is 0 Å². The highest BCUT2D eigenvalue weighted by atomic mass is 16.5. The number of nitrogens with one attached hydrogen (secondary N) is 1. The number of guanidine groups is 1. The number of nitrogens with zero attached hydrogens (tertiary/aromatic N) is 3. The predicted molar refractivity (Wildman–Crippen MR) is 97.3 cm³/mol. The van der Waals surface area contributed by atoms with Gasteiger partial charge in [0.2, 0.25) is 0 Å². The molecule has 1 aliphatic carbocycles. The van der Waals surface area contributed by atoms with Gasteiger partial charge in [-0.1, -0.05) is 19.3 Å². The van der Waals surface area contributed by atoms with Crippen LogP contribution in [0.2, 0.25) is 0 Å². The summed E-state index contributed by atoms with van der Waals surface area (Å²) in [6.07, 6.45) is 10.6. The minimum absolute atomic E-state index is 0.528. The van der Waals surface area contributed by atoms with E-state index in [-0.39, 0.29) is 0 Å². The number of rotatable bonds is 4. The first-order valence-corrected chi connectivity index (χ1v) is 10.1. The van der Waals surface area contributed by atoms with Gasteiger partial charge < -0.3 is 19.9 Å². The molecule has 0 amide bonds. The first kappa shape index (κ1) is 16.6. The van der Waals surface area contributed by atoms with Crippen LogP contribution in [0.15, 0.2) is 4.99 Å². The van der Waals surface area contributed by atoms with Crippen LogP contribution in [0.1, 0.15) is 44.9 Å². The quantitative estimate of drug-likeness (QED) is 0.630. The zero-order chi connectivity index (χ0) is 16.5. The van der Waals surface area contributed by atoms with Crippen molar-refractivity contribution in [2.45, 2.75) is 63.2 Å². The highest BCUT2D eigenvalue weighted by Gasteiger charge is 2.53. The molecule has 5 heteroatoms. The van der Waals surface area contributed by atoms with Crippen molar-refractivity contribution in [2.75, 3.05) is 40.3 Å². The Bertz CT molecular complexity index is 444. The predicted octanol–water partition coefficient (Wildman–Crippen LogP) is 1.94. The van der Waals surface area contributed by atoms with E-state index in [2.05, 4.69) is 27.2 Å². The summed E-state index contributed by atoms with van der Waals surface area (Å²) in [5.41, 5.74) is 0. The Morgan fingerprint density at radius 2 is 1.75 bits per heavy atom. The number of ether oxygens (including phenoxy) is 1. The molecule has 3 aliphatic heterocycles. The number of hydrogen-bond donors (Lipinski definition) is 1. The van der Waals surface area contributed by atoms with Crippen molar-refractivity contribution in [3.63, 3.8) is 0 Å². The fourth-order valence-corrected chi connectivity index (χ4v) is 5.51. The maximum absolute atomic E-state index is 6.09. The van der Waals surface area contributed by atoms with Crippen molar-refractivity contribution < 1.29 is 4.74 Å². The van der Waals surface area contributed by atoms with Crippen LogP contribution in [0.25, 0.3) is 0 Å². The Balaban J connectivity index is 1.24. The number of fused-ring (bicyclic) bond motifs is 5. The van der Waals surface area contributed by atoms with Crippen LogP contribution < -0.4 is 5.32 Å². The highest BCUT2D eigenvalue weighted by Crippen LogP contribution is 2.47. The Morgan fingerprint density at radius 1 is 1.08 bits per heavy atom. The molecule has 4 atom stereocenters. The van der Waals surface area contributed by atoms with Crippen molar-refractivity contribution in [2.24, 2.45) is 16.8 Å². The smallest absolute Gasteiger partial charge is 0.193 e. The second-order valence-electron chi connectivity index (χ2n) is 8.27. The summed E-state index contributed by atoms with van der Waals surface area (Å²) < 4.78 is 6.09. The average molecular weight is 335 g/mol. The summed E-state index contributed by atoms with van der Waals surface area (Å²) in [7, 11) is 4.21. The molecule has 24 heavy (non-hydrogen) atoms. The van der Waals surface area contributed by atoms with Crippen LogP contribution in [0.5, 0.6) is 0 Å².